The van der Waals surface area contributed by atoms with Gasteiger partial charge in [-0.15, -0.1) is 0 Å². The summed E-state index contributed by atoms with van der Waals surface area (Å²) in [6, 6.07) is 6.07. The highest BCUT2D eigenvalue weighted by atomic mass is 16.5. The molecule has 3 saturated heterocycles. The van der Waals surface area contributed by atoms with E-state index in [-0.39, 0.29) is 43.5 Å². The summed E-state index contributed by atoms with van der Waals surface area (Å²) in [5, 5.41) is 16.2. The fraction of sp³-hybridized carbons (Fsp3) is 0.524. The molecule has 0 bridgehead atoms. The van der Waals surface area contributed by atoms with E-state index in [1.54, 1.807) is 30.3 Å². The van der Waals surface area contributed by atoms with E-state index in [1.165, 1.54) is 16.9 Å². The van der Waals surface area contributed by atoms with E-state index >= 15 is 0 Å². The van der Waals surface area contributed by atoms with Gasteiger partial charge in [0.1, 0.15) is 18.7 Å². The van der Waals surface area contributed by atoms with Crippen molar-refractivity contribution in [3.8, 4) is 0 Å². The number of benzene rings is 1. The molecular weight excluding hydrogens is 404 g/mol. The summed E-state index contributed by atoms with van der Waals surface area (Å²) in [6.45, 7) is 0.334. The van der Waals surface area contributed by atoms with E-state index in [9.17, 15) is 24.3 Å². The average molecular weight is 430 g/mol. The predicted octanol–water partition coefficient (Wildman–Crippen LogP) is -1.45. The van der Waals surface area contributed by atoms with Gasteiger partial charge in [0, 0.05) is 26.2 Å². The van der Waals surface area contributed by atoms with Gasteiger partial charge in [-0.25, -0.2) is 0 Å². The Hall–Kier alpha value is -2.98. The Balaban J connectivity index is 1.52. The molecule has 0 spiro atoms. The van der Waals surface area contributed by atoms with Gasteiger partial charge in [-0.05, 0) is 18.4 Å². The van der Waals surface area contributed by atoms with E-state index in [0.717, 1.165) is 0 Å². The molecule has 0 aliphatic carbocycles. The highest BCUT2D eigenvalue weighted by Crippen LogP contribution is 2.31. The summed E-state index contributed by atoms with van der Waals surface area (Å²) in [4.78, 5) is 53.9. The van der Waals surface area contributed by atoms with Gasteiger partial charge in [0.05, 0.1) is 6.04 Å². The molecule has 3 N–H and O–H groups in total. The van der Waals surface area contributed by atoms with Gasteiger partial charge in [-0.3, -0.25) is 19.2 Å². The number of amides is 4. The van der Waals surface area contributed by atoms with Crippen LogP contribution in [0, 0.1) is 0 Å². The highest BCUT2D eigenvalue weighted by Gasteiger charge is 2.53. The maximum absolute atomic E-state index is 13.4. The third-order valence-corrected chi connectivity index (χ3v) is 6.14. The van der Waals surface area contributed by atoms with Crippen LogP contribution in [-0.4, -0.2) is 89.5 Å². The number of fused-ring (bicyclic) bond motifs is 2. The number of aliphatic hydroxyl groups is 1. The number of hydrogen-bond donors (Lipinski definition) is 3. The molecule has 4 rings (SSSR count). The monoisotopic (exact) mass is 430 g/mol. The molecule has 0 radical (unpaired) electrons. The summed E-state index contributed by atoms with van der Waals surface area (Å²) in [7, 11) is 1.41. The minimum Gasteiger partial charge on any atom is -0.378 e. The first kappa shape index (κ1) is 21.3. The van der Waals surface area contributed by atoms with E-state index in [4.69, 9.17) is 4.74 Å². The smallest absolute Gasteiger partial charge is 0.256 e. The Labute approximate surface area is 179 Å². The van der Waals surface area contributed by atoms with Gasteiger partial charge < -0.3 is 30.3 Å². The lowest BCUT2D eigenvalue weighted by atomic mass is 10.1. The zero-order chi connectivity index (χ0) is 22.1. The molecule has 166 valence electrons. The lowest BCUT2D eigenvalue weighted by molar-refractivity contribution is -0.149. The SMILES string of the molecule is COCC(=O)N[C@H]1C[C@@H]2C(=O)N[C@H]3CCN(C(=O)[C@@H](O)c4ccccc4)[C@@H]3C(=O)N2C1. The molecule has 3 fully saturated rings. The van der Waals surface area contributed by atoms with Crippen LogP contribution in [0.1, 0.15) is 24.5 Å². The normalized spacial score (nSPS) is 28.5. The number of ether oxygens (including phenoxy) is 1. The predicted molar refractivity (Wildman–Crippen MR) is 107 cm³/mol. The first-order valence-corrected chi connectivity index (χ1v) is 10.3. The van der Waals surface area contributed by atoms with Crippen LogP contribution < -0.4 is 10.6 Å². The second-order valence-electron chi connectivity index (χ2n) is 8.13. The molecule has 0 unspecified atom stereocenters. The Kier molecular flexibility index (Phi) is 5.92. The summed E-state index contributed by atoms with van der Waals surface area (Å²) < 4.78 is 4.81. The number of carbonyl (C=O) groups is 4. The Morgan fingerprint density at radius 2 is 2.03 bits per heavy atom. The maximum atomic E-state index is 13.4. The van der Waals surface area contributed by atoms with Gasteiger partial charge in [0.15, 0.2) is 6.10 Å². The van der Waals surface area contributed by atoms with Gasteiger partial charge in [-0.1, -0.05) is 30.3 Å². The molecule has 1 aromatic carbocycles. The molecule has 3 heterocycles. The van der Waals surface area contributed by atoms with Crippen molar-refractivity contribution in [3.05, 3.63) is 35.9 Å². The largest absolute Gasteiger partial charge is 0.378 e. The van der Waals surface area contributed by atoms with E-state index in [0.29, 0.717) is 18.4 Å². The van der Waals surface area contributed by atoms with E-state index < -0.39 is 30.1 Å². The minimum atomic E-state index is -1.39. The Morgan fingerprint density at radius 3 is 2.74 bits per heavy atom. The van der Waals surface area contributed by atoms with Crippen LogP contribution in [-0.2, 0) is 23.9 Å². The number of nitrogens with zero attached hydrogens (tertiary/aromatic N) is 2. The number of likely N-dealkylation sites (tertiary alicyclic amines) is 1. The summed E-state index contributed by atoms with van der Waals surface area (Å²) in [5.41, 5.74) is 0.445. The fourth-order valence-electron chi connectivity index (χ4n) is 4.71. The van der Waals surface area contributed by atoms with Crippen LogP contribution in [0.4, 0.5) is 0 Å². The number of methoxy groups -OCH3 is 1. The van der Waals surface area contributed by atoms with Crippen molar-refractivity contribution in [1.82, 2.24) is 20.4 Å². The molecular formula is C21H26N4O6. The van der Waals surface area contributed by atoms with Crippen LogP contribution in [0.2, 0.25) is 0 Å². The van der Waals surface area contributed by atoms with Crippen LogP contribution in [0.5, 0.6) is 0 Å². The molecule has 0 aromatic heterocycles. The second kappa shape index (κ2) is 8.64. The number of rotatable bonds is 5. The summed E-state index contributed by atoms with van der Waals surface area (Å²) >= 11 is 0. The third-order valence-electron chi connectivity index (χ3n) is 6.14. The summed E-state index contributed by atoms with van der Waals surface area (Å²) in [6.07, 6.45) is -0.654. The van der Waals surface area contributed by atoms with Crippen molar-refractivity contribution in [2.75, 3.05) is 26.8 Å². The third kappa shape index (κ3) is 4.00. The van der Waals surface area contributed by atoms with Crippen molar-refractivity contribution in [2.45, 2.75) is 43.1 Å². The van der Waals surface area contributed by atoms with Crippen molar-refractivity contribution in [1.29, 1.82) is 0 Å². The van der Waals surface area contributed by atoms with Crippen LogP contribution in [0.15, 0.2) is 30.3 Å². The molecule has 1 aromatic rings. The van der Waals surface area contributed by atoms with Crippen molar-refractivity contribution >= 4 is 23.6 Å². The number of carbonyl (C=O) groups excluding carboxylic acids is 4. The molecule has 3 aliphatic rings. The molecule has 10 heteroatoms. The molecule has 4 amide bonds. The van der Waals surface area contributed by atoms with Gasteiger partial charge in [-0.2, -0.15) is 0 Å². The van der Waals surface area contributed by atoms with E-state index in [1.807, 2.05) is 0 Å². The number of aliphatic hydroxyl groups excluding tert-OH is 1. The summed E-state index contributed by atoms with van der Waals surface area (Å²) in [5.74, 6) is -1.52. The molecule has 3 aliphatic heterocycles. The van der Waals surface area contributed by atoms with Crippen LogP contribution in [0.3, 0.4) is 0 Å². The number of hydrogen-bond acceptors (Lipinski definition) is 6. The molecule has 31 heavy (non-hydrogen) atoms. The van der Waals surface area contributed by atoms with Crippen molar-refractivity contribution in [3.63, 3.8) is 0 Å². The Morgan fingerprint density at radius 1 is 1.29 bits per heavy atom. The molecule has 5 atom stereocenters. The second-order valence-corrected chi connectivity index (χ2v) is 8.13. The minimum absolute atomic E-state index is 0.105. The van der Waals surface area contributed by atoms with Gasteiger partial charge in [0.2, 0.25) is 17.7 Å². The quantitative estimate of drug-likeness (QED) is 0.525. The zero-order valence-electron chi connectivity index (χ0n) is 17.2. The van der Waals surface area contributed by atoms with Gasteiger partial charge >= 0.3 is 0 Å². The lowest BCUT2D eigenvalue weighted by Gasteiger charge is -2.30. The van der Waals surface area contributed by atoms with E-state index in [2.05, 4.69) is 10.6 Å². The van der Waals surface area contributed by atoms with Gasteiger partial charge in [0.25, 0.3) is 5.91 Å². The van der Waals surface area contributed by atoms with Crippen molar-refractivity contribution in [2.24, 2.45) is 0 Å². The zero-order valence-corrected chi connectivity index (χ0v) is 17.2. The first-order chi connectivity index (χ1) is 14.9. The van der Waals surface area contributed by atoms with Crippen LogP contribution >= 0.6 is 0 Å². The van der Waals surface area contributed by atoms with Crippen LogP contribution in [0.25, 0.3) is 0 Å². The highest BCUT2D eigenvalue weighted by molar-refractivity contribution is 5.97. The fourth-order valence-corrected chi connectivity index (χ4v) is 4.71. The topological polar surface area (TPSA) is 128 Å². The number of nitrogens with one attached hydrogen (secondary N) is 2. The molecule has 10 nitrogen and oxygen atoms in total. The average Bonchev–Trinajstić information content (AvgIpc) is 3.35. The first-order valence-electron chi connectivity index (χ1n) is 10.3. The Bertz CT molecular complexity index is 878. The standard InChI is InChI=1S/C21H26N4O6/c1-31-11-16(26)22-13-9-15-19(28)23-14-7-8-24(17(14)20(29)25(15)10-13)21(30)18(27)12-5-3-2-4-6-12/h2-6,13-15,17-18,27H,7-11H2,1H3,(H,22,26)(H,23,28)/t13-,14-,15+,17-,18-/m0/s1. The maximum Gasteiger partial charge on any atom is 0.256 e. The van der Waals surface area contributed by atoms with Crippen molar-refractivity contribution < 1.29 is 29.0 Å². The lowest BCUT2D eigenvalue weighted by Crippen LogP contribution is -2.53. The molecule has 0 saturated carbocycles.